The second-order valence-corrected chi connectivity index (χ2v) is 17.2. The molecular weight excluding hydrogens is 709 g/mol. The summed E-state index contributed by atoms with van der Waals surface area (Å²) in [7, 11) is -4.00. The number of sulfone groups is 1. The molecule has 7 aromatic rings. The van der Waals surface area contributed by atoms with Gasteiger partial charge < -0.3 is 9.47 Å². The van der Waals surface area contributed by atoms with Crippen LogP contribution in [0.5, 0.6) is 0 Å². The van der Waals surface area contributed by atoms with Gasteiger partial charge in [-0.05, 0) is 108 Å². The number of allylic oxidation sites excluding steroid dienone is 5. The molecule has 0 saturated heterocycles. The number of nitrogens with zero attached hydrogens (tertiary/aromatic N) is 2. The molecule has 2 aliphatic heterocycles. The molecule has 0 bridgehead atoms. The van der Waals surface area contributed by atoms with E-state index < -0.39 is 9.84 Å². The van der Waals surface area contributed by atoms with E-state index in [1.54, 1.807) is 24.3 Å². The van der Waals surface area contributed by atoms with Crippen molar-refractivity contribution in [1.29, 1.82) is 0 Å². The van der Waals surface area contributed by atoms with Crippen LogP contribution in [0.1, 0.15) is 35.7 Å². The molecule has 56 heavy (non-hydrogen) atoms. The van der Waals surface area contributed by atoms with E-state index in [0.717, 1.165) is 57.5 Å². The molecule has 6 heteroatoms. The van der Waals surface area contributed by atoms with E-state index in [1.165, 1.54) is 22.0 Å². The predicted molar refractivity (Wildman–Crippen MR) is 225 cm³/mol. The molecule has 0 amide bonds. The Kier molecular flexibility index (Phi) is 7.05. The Bertz CT molecular complexity index is 3020. The van der Waals surface area contributed by atoms with Gasteiger partial charge in [0.25, 0.3) is 0 Å². The van der Waals surface area contributed by atoms with Crippen molar-refractivity contribution in [1.82, 2.24) is 4.57 Å². The molecule has 0 spiro atoms. The number of aromatic nitrogens is 1. The maximum atomic E-state index is 14.4. The average molecular weight is 745 g/mol. The van der Waals surface area contributed by atoms with Crippen molar-refractivity contribution in [3.05, 3.63) is 192 Å². The van der Waals surface area contributed by atoms with Gasteiger partial charge in [0, 0.05) is 44.9 Å². The summed E-state index contributed by atoms with van der Waals surface area (Å²) < 4.78 is 31.1. The lowest BCUT2D eigenvalue weighted by Crippen LogP contribution is -2.45. The van der Waals surface area contributed by atoms with E-state index in [1.807, 2.05) is 24.3 Å². The second kappa shape index (κ2) is 12.0. The molecule has 2 aliphatic carbocycles. The summed E-state index contributed by atoms with van der Waals surface area (Å²) in [6.45, 7) is 2.30. The molecule has 6 aromatic carbocycles. The van der Waals surface area contributed by atoms with Gasteiger partial charge >= 0.3 is 0 Å². The molecule has 1 aromatic heterocycles. The molecule has 270 valence electrons. The molecular formula is C50H36N2O3S. The molecule has 11 rings (SSSR count). The molecule has 4 aliphatic rings. The van der Waals surface area contributed by atoms with Crippen molar-refractivity contribution in [2.24, 2.45) is 5.92 Å². The number of carbonyl (C=O) groups is 1. The third-order valence-electron chi connectivity index (χ3n) is 12.3. The van der Waals surface area contributed by atoms with Crippen molar-refractivity contribution < 1.29 is 13.2 Å². The molecule has 3 heterocycles. The highest BCUT2D eigenvalue weighted by molar-refractivity contribution is 7.91. The lowest BCUT2D eigenvalue weighted by atomic mass is 9.79. The molecule has 0 radical (unpaired) electrons. The highest BCUT2D eigenvalue weighted by atomic mass is 32.2. The second-order valence-electron chi connectivity index (χ2n) is 15.3. The third kappa shape index (κ3) is 4.66. The van der Waals surface area contributed by atoms with Crippen molar-refractivity contribution >= 4 is 43.1 Å². The van der Waals surface area contributed by atoms with Crippen LogP contribution >= 0.6 is 0 Å². The van der Waals surface area contributed by atoms with Gasteiger partial charge in [-0.1, -0.05) is 109 Å². The van der Waals surface area contributed by atoms with E-state index >= 15 is 0 Å². The van der Waals surface area contributed by atoms with Gasteiger partial charge in [-0.2, -0.15) is 0 Å². The number of rotatable bonds is 4. The Labute approximate surface area is 325 Å². The summed E-state index contributed by atoms with van der Waals surface area (Å²) >= 11 is 0. The van der Waals surface area contributed by atoms with Gasteiger partial charge in [0.05, 0.1) is 26.4 Å². The number of fused-ring (bicyclic) bond motifs is 7. The number of hydrogen-bond donors (Lipinski definition) is 0. The predicted octanol–water partition coefficient (Wildman–Crippen LogP) is 11.4. The molecule has 5 nitrogen and oxygen atoms in total. The van der Waals surface area contributed by atoms with E-state index in [9.17, 15) is 13.2 Å². The average Bonchev–Trinajstić information content (AvgIpc) is 3.72. The zero-order valence-corrected chi connectivity index (χ0v) is 31.5. The van der Waals surface area contributed by atoms with Gasteiger partial charge in [0.1, 0.15) is 0 Å². The first-order chi connectivity index (χ1) is 27.3. The monoisotopic (exact) mass is 744 g/mol. The van der Waals surface area contributed by atoms with E-state index in [-0.39, 0.29) is 38.2 Å². The normalized spacial score (nSPS) is 20.3. The van der Waals surface area contributed by atoms with Gasteiger partial charge in [0.2, 0.25) is 9.84 Å². The van der Waals surface area contributed by atoms with Crippen molar-refractivity contribution in [3.63, 3.8) is 0 Å². The highest BCUT2D eigenvalue weighted by Gasteiger charge is 2.47. The van der Waals surface area contributed by atoms with Crippen LogP contribution < -0.4 is 4.90 Å². The Hall–Kier alpha value is -6.50. The summed E-state index contributed by atoms with van der Waals surface area (Å²) in [6.07, 6.45) is 15.5. The minimum absolute atomic E-state index is 0.0449. The van der Waals surface area contributed by atoms with Crippen molar-refractivity contribution in [2.45, 2.75) is 35.1 Å². The zero-order valence-electron chi connectivity index (χ0n) is 30.7. The number of benzene rings is 6. The number of carbonyl (C=O) groups excluding carboxylic acids is 1. The minimum Gasteiger partial charge on any atom is -0.335 e. The molecule has 0 N–H and O–H groups in total. The zero-order chi connectivity index (χ0) is 37.8. The number of anilines is 1. The number of hydrogen-bond acceptors (Lipinski definition) is 4. The summed E-state index contributed by atoms with van der Waals surface area (Å²) in [6, 6.07) is 43.6. The Morgan fingerprint density at radius 1 is 0.643 bits per heavy atom. The number of ketones is 1. The summed E-state index contributed by atoms with van der Waals surface area (Å²) in [5, 5.41) is 2.38. The molecule has 0 fully saturated rings. The van der Waals surface area contributed by atoms with E-state index in [2.05, 4.69) is 138 Å². The van der Waals surface area contributed by atoms with Crippen molar-refractivity contribution in [2.75, 3.05) is 4.90 Å². The Morgan fingerprint density at radius 3 is 1.80 bits per heavy atom. The molecule has 2 atom stereocenters. The van der Waals surface area contributed by atoms with Crippen LogP contribution in [0, 0.1) is 5.92 Å². The van der Waals surface area contributed by atoms with Crippen LogP contribution in [-0.2, 0) is 9.84 Å². The lowest BCUT2D eigenvalue weighted by Gasteiger charge is -2.41. The first-order valence-corrected chi connectivity index (χ1v) is 20.6. The van der Waals surface area contributed by atoms with Crippen LogP contribution in [0.15, 0.2) is 191 Å². The van der Waals surface area contributed by atoms with Gasteiger partial charge in [-0.15, -0.1) is 0 Å². The fourth-order valence-electron chi connectivity index (χ4n) is 9.57. The smallest absolute Gasteiger partial charge is 0.208 e. The number of para-hydroxylation sites is 2. The Morgan fingerprint density at radius 2 is 1.20 bits per heavy atom. The van der Waals surface area contributed by atoms with Crippen LogP contribution in [0.2, 0.25) is 0 Å². The van der Waals surface area contributed by atoms with Crippen molar-refractivity contribution in [3.8, 4) is 27.9 Å². The lowest BCUT2D eigenvalue weighted by molar-refractivity contribution is 0.103. The van der Waals surface area contributed by atoms with Gasteiger partial charge in [-0.25, -0.2) is 8.42 Å². The maximum absolute atomic E-state index is 14.4. The Balaban J connectivity index is 0.923. The van der Waals surface area contributed by atoms with E-state index in [4.69, 9.17) is 0 Å². The summed E-state index contributed by atoms with van der Waals surface area (Å²) in [4.78, 5) is 16.4. The van der Waals surface area contributed by atoms with Gasteiger partial charge in [-0.3, -0.25) is 4.79 Å². The van der Waals surface area contributed by atoms with Crippen LogP contribution in [0.4, 0.5) is 5.69 Å². The standard InChI is InChI=1S/C50H36N2O3S/c1-50-29-9-8-13-43(50)40-12-4-7-16-46(40)52(50)37-25-19-33(20-26-37)35-22-28-42-48(31-35)56(54,55)47-30-34(21-27-41(47)49(42)53)32-17-23-36(24-18-32)51-44-14-5-2-10-38(44)39-11-3-6-15-45(39)51/h2-6,8-15,17-31,43H,7,16H2,1H3. The highest BCUT2D eigenvalue weighted by Crippen LogP contribution is 2.51. The summed E-state index contributed by atoms with van der Waals surface area (Å²) in [5.74, 6) is 0.00756. The van der Waals surface area contributed by atoms with Crippen LogP contribution in [0.3, 0.4) is 0 Å². The molecule has 2 unspecified atom stereocenters. The minimum atomic E-state index is -4.00. The fourth-order valence-corrected chi connectivity index (χ4v) is 11.3. The van der Waals surface area contributed by atoms with Gasteiger partial charge in [0.15, 0.2) is 5.78 Å². The summed E-state index contributed by atoms with van der Waals surface area (Å²) in [5.41, 5.74) is 10.5. The first kappa shape index (κ1) is 32.9. The molecule has 0 saturated carbocycles. The topological polar surface area (TPSA) is 59.4 Å². The quantitative estimate of drug-likeness (QED) is 0.180. The fraction of sp³-hybridized carbons (Fsp3) is 0.100. The SMILES string of the molecule is CC12C=CC=CC1C1=C(CCC=C1)N2c1ccc(-c2ccc3c(c2)S(=O)(=O)c2cc(-c4ccc(-n5c6ccccc6c6ccccc65)cc4)ccc2C3=O)cc1. The first-order valence-electron chi connectivity index (χ1n) is 19.1. The maximum Gasteiger partial charge on any atom is 0.208 e. The third-order valence-corrected chi connectivity index (χ3v) is 14.1. The largest absolute Gasteiger partial charge is 0.335 e. The van der Waals surface area contributed by atoms with Crippen LogP contribution in [0.25, 0.3) is 49.7 Å². The van der Waals surface area contributed by atoms with E-state index in [0.29, 0.717) is 0 Å². The van der Waals surface area contributed by atoms with Crippen LogP contribution in [-0.4, -0.2) is 24.3 Å².